The molecule has 142 valence electrons. The Morgan fingerprint density at radius 3 is 2.27 bits per heavy atom. The monoisotopic (exact) mass is 357 g/mol. The molecule has 4 N–H and O–H groups in total. The molecule has 0 atom stereocenters. The lowest BCUT2D eigenvalue weighted by molar-refractivity contribution is 0.252. The van der Waals surface area contributed by atoms with Crippen LogP contribution in [0.25, 0.3) is 0 Å². The topological polar surface area (TPSA) is 85.0 Å². The fourth-order valence-electron chi connectivity index (χ4n) is 2.71. The predicted molar refractivity (Wildman–Crippen MR) is 108 cm³/mol. The van der Waals surface area contributed by atoms with Crippen LogP contribution in [0.15, 0.2) is 30.3 Å². The van der Waals surface area contributed by atoms with Gasteiger partial charge < -0.3 is 16.4 Å². The Balaban J connectivity index is 2.12. The maximum atomic E-state index is 12.4. The highest BCUT2D eigenvalue weighted by atomic mass is 16.2. The summed E-state index contributed by atoms with van der Waals surface area (Å²) in [7, 11) is 0. The van der Waals surface area contributed by atoms with Crippen LogP contribution in [0.3, 0.4) is 0 Å². The van der Waals surface area contributed by atoms with Crippen LogP contribution in [0, 0.1) is 0 Å². The molecule has 0 radical (unpaired) electrons. The number of aromatic nitrogens is 2. The number of nitrogens with zero attached hydrogens (tertiary/aromatic N) is 2. The summed E-state index contributed by atoms with van der Waals surface area (Å²) in [5.41, 5.74) is 8.36. The Bertz CT molecular complexity index is 751. The van der Waals surface area contributed by atoms with Gasteiger partial charge in [-0.2, -0.15) is 5.10 Å². The molecule has 1 heterocycles. The Morgan fingerprint density at radius 1 is 1.12 bits per heavy atom. The number of rotatable bonds is 4. The average molecular weight is 358 g/mol. The third kappa shape index (κ3) is 4.77. The molecule has 0 fully saturated rings. The molecule has 0 bridgehead atoms. The van der Waals surface area contributed by atoms with Crippen LogP contribution in [0.1, 0.15) is 52.8 Å². The van der Waals surface area contributed by atoms with Crippen LogP contribution in [0.4, 0.5) is 16.3 Å². The van der Waals surface area contributed by atoms with Crippen LogP contribution < -0.4 is 16.4 Å². The van der Waals surface area contributed by atoms with E-state index in [1.54, 1.807) is 4.68 Å². The molecule has 26 heavy (non-hydrogen) atoms. The van der Waals surface area contributed by atoms with Crippen LogP contribution in [-0.2, 0) is 17.4 Å². The van der Waals surface area contributed by atoms with Crippen molar-refractivity contribution in [1.29, 1.82) is 0 Å². The van der Waals surface area contributed by atoms with Gasteiger partial charge in [0.15, 0.2) is 0 Å². The van der Waals surface area contributed by atoms with Crippen LogP contribution in [-0.4, -0.2) is 22.4 Å². The highest BCUT2D eigenvalue weighted by Crippen LogP contribution is 2.35. The summed E-state index contributed by atoms with van der Waals surface area (Å²) in [5.74, 6) is 0.473. The molecule has 0 aliphatic rings. The van der Waals surface area contributed by atoms with Gasteiger partial charge in [0.2, 0.25) is 0 Å². The molecule has 2 rings (SSSR count). The van der Waals surface area contributed by atoms with E-state index in [4.69, 9.17) is 5.73 Å². The van der Waals surface area contributed by atoms with Crippen molar-refractivity contribution in [1.82, 2.24) is 15.1 Å². The van der Waals surface area contributed by atoms with Gasteiger partial charge in [0, 0.05) is 12.0 Å². The lowest BCUT2D eigenvalue weighted by atomic mass is 9.91. The minimum absolute atomic E-state index is 0.239. The smallest absolute Gasteiger partial charge is 0.319 e. The SMILES string of the molecule is CC(C)(C)c1nn(C(C)(C)C)c(N)c1NC(=O)NCCc1ccccc1. The molecule has 0 spiro atoms. The van der Waals surface area contributed by atoms with E-state index < -0.39 is 0 Å². The summed E-state index contributed by atoms with van der Waals surface area (Å²) in [6, 6.07) is 9.78. The third-order valence-corrected chi connectivity index (χ3v) is 4.05. The molecule has 1 aromatic carbocycles. The first-order valence-corrected chi connectivity index (χ1v) is 8.98. The average Bonchev–Trinajstić information content (AvgIpc) is 2.85. The van der Waals surface area contributed by atoms with Crippen LogP contribution >= 0.6 is 0 Å². The molecule has 6 heteroatoms. The van der Waals surface area contributed by atoms with Crippen LogP contribution in [0.2, 0.25) is 0 Å². The number of nitrogens with two attached hydrogens (primary N) is 1. The van der Waals surface area contributed by atoms with Crippen molar-refractivity contribution >= 4 is 17.5 Å². The van der Waals surface area contributed by atoms with E-state index in [-0.39, 0.29) is 17.0 Å². The van der Waals surface area contributed by atoms with Crippen LogP contribution in [0.5, 0.6) is 0 Å². The number of carbonyl (C=O) groups excluding carboxylic acids is 1. The van der Waals surface area contributed by atoms with Gasteiger partial charge >= 0.3 is 6.03 Å². The molecule has 0 saturated carbocycles. The van der Waals surface area contributed by atoms with Gasteiger partial charge in [-0.3, -0.25) is 0 Å². The predicted octanol–water partition coefficient (Wildman–Crippen LogP) is 3.88. The number of hydrogen-bond acceptors (Lipinski definition) is 3. The number of anilines is 2. The van der Waals surface area contributed by atoms with E-state index in [2.05, 4.69) is 36.5 Å². The zero-order chi connectivity index (χ0) is 19.5. The molecule has 0 saturated heterocycles. The zero-order valence-corrected chi connectivity index (χ0v) is 16.7. The molecular formula is C20H31N5O. The van der Waals surface area contributed by atoms with Gasteiger partial charge in [-0.05, 0) is 32.8 Å². The fraction of sp³-hybridized carbons (Fsp3) is 0.500. The summed E-state index contributed by atoms with van der Waals surface area (Å²) < 4.78 is 1.77. The van der Waals surface area contributed by atoms with E-state index in [1.165, 1.54) is 5.56 Å². The Labute approximate surface area is 156 Å². The van der Waals surface area contributed by atoms with Gasteiger partial charge in [0.25, 0.3) is 0 Å². The number of nitrogen functional groups attached to an aromatic ring is 1. The molecular weight excluding hydrogens is 326 g/mol. The number of urea groups is 1. The third-order valence-electron chi connectivity index (χ3n) is 4.05. The maximum Gasteiger partial charge on any atom is 0.319 e. The summed E-state index contributed by atoms with van der Waals surface area (Å²) in [6.45, 7) is 12.8. The number of nitrogens with one attached hydrogen (secondary N) is 2. The molecule has 2 amide bonds. The van der Waals surface area contributed by atoms with E-state index >= 15 is 0 Å². The van der Waals surface area contributed by atoms with Gasteiger partial charge in [-0.15, -0.1) is 0 Å². The van der Waals surface area contributed by atoms with E-state index in [0.29, 0.717) is 18.1 Å². The molecule has 6 nitrogen and oxygen atoms in total. The first-order chi connectivity index (χ1) is 12.0. The minimum Gasteiger partial charge on any atom is -0.382 e. The lowest BCUT2D eigenvalue weighted by Gasteiger charge is -2.21. The molecule has 0 unspecified atom stereocenters. The van der Waals surface area contributed by atoms with Gasteiger partial charge in [-0.1, -0.05) is 51.1 Å². The van der Waals surface area contributed by atoms with Gasteiger partial charge in [0.05, 0.1) is 11.2 Å². The minimum atomic E-state index is -0.272. The number of benzene rings is 1. The van der Waals surface area contributed by atoms with Crippen molar-refractivity contribution in [3.63, 3.8) is 0 Å². The summed E-state index contributed by atoms with van der Waals surface area (Å²) in [4.78, 5) is 12.4. The van der Waals surface area contributed by atoms with Crippen molar-refractivity contribution in [2.75, 3.05) is 17.6 Å². The summed E-state index contributed by atoms with van der Waals surface area (Å²) in [5, 5.41) is 10.5. The van der Waals surface area contributed by atoms with Crippen molar-refractivity contribution < 1.29 is 4.79 Å². The Morgan fingerprint density at radius 2 is 1.73 bits per heavy atom. The normalized spacial score (nSPS) is 12.1. The first-order valence-electron chi connectivity index (χ1n) is 8.98. The van der Waals surface area contributed by atoms with E-state index in [9.17, 15) is 4.79 Å². The molecule has 0 aliphatic carbocycles. The second kappa shape index (κ2) is 7.40. The molecule has 1 aromatic heterocycles. The van der Waals surface area contributed by atoms with Crippen molar-refractivity contribution in [3.05, 3.63) is 41.6 Å². The second-order valence-corrected chi connectivity index (χ2v) is 8.56. The lowest BCUT2D eigenvalue weighted by Crippen LogP contribution is -2.31. The van der Waals surface area contributed by atoms with E-state index in [1.807, 2.05) is 51.1 Å². The maximum absolute atomic E-state index is 12.4. The number of amides is 2. The highest BCUT2D eigenvalue weighted by Gasteiger charge is 2.30. The van der Waals surface area contributed by atoms with Gasteiger partial charge in [-0.25, -0.2) is 9.48 Å². The van der Waals surface area contributed by atoms with Crippen molar-refractivity contribution in [2.45, 2.75) is 58.9 Å². The number of hydrogen-bond donors (Lipinski definition) is 3. The summed E-state index contributed by atoms with van der Waals surface area (Å²) >= 11 is 0. The first kappa shape index (κ1) is 19.8. The zero-order valence-electron chi connectivity index (χ0n) is 16.7. The Kier molecular flexibility index (Phi) is 5.64. The second-order valence-electron chi connectivity index (χ2n) is 8.56. The molecule has 2 aromatic rings. The standard InChI is InChI=1S/C20H31N5O/c1-19(2,3)16-15(17(21)25(24-16)20(4,5)6)23-18(26)22-13-12-14-10-8-7-9-11-14/h7-11H,12-13,21H2,1-6H3,(H2,22,23,26). The fourth-order valence-corrected chi connectivity index (χ4v) is 2.71. The van der Waals surface area contributed by atoms with E-state index in [0.717, 1.165) is 12.1 Å². The number of carbonyl (C=O) groups is 1. The highest BCUT2D eigenvalue weighted by molar-refractivity contribution is 5.93. The Hall–Kier alpha value is -2.50. The van der Waals surface area contributed by atoms with Gasteiger partial charge in [0.1, 0.15) is 11.5 Å². The molecule has 0 aliphatic heterocycles. The quantitative estimate of drug-likeness (QED) is 0.776. The van der Waals surface area contributed by atoms with Crippen molar-refractivity contribution in [2.24, 2.45) is 0 Å². The summed E-state index contributed by atoms with van der Waals surface area (Å²) in [6.07, 6.45) is 0.775. The largest absolute Gasteiger partial charge is 0.382 e. The van der Waals surface area contributed by atoms with Crippen molar-refractivity contribution in [3.8, 4) is 0 Å².